The van der Waals surface area contributed by atoms with E-state index in [-0.39, 0.29) is 58.0 Å². The van der Waals surface area contributed by atoms with E-state index in [4.69, 9.17) is 0 Å². The van der Waals surface area contributed by atoms with Crippen LogP contribution >= 0.6 is 0 Å². The minimum Gasteiger partial charge on any atom is -0.726 e. The summed E-state index contributed by atoms with van der Waals surface area (Å²) in [6.07, 6.45) is 23.5. The van der Waals surface area contributed by atoms with E-state index in [1.807, 2.05) is 0 Å². The van der Waals surface area contributed by atoms with Crippen molar-refractivity contribution < 1.29 is 68.5 Å². The third kappa shape index (κ3) is 25.0. The molecular formula is C18H31KO4S. The minimum absolute atomic E-state index is 0. The van der Waals surface area contributed by atoms with Crippen molar-refractivity contribution in [3.8, 4) is 0 Å². The van der Waals surface area contributed by atoms with E-state index in [0.29, 0.717) is 6.42 Å². The van der Waals surface area contributed by atoms with Crippen LogP contribution in [-0.4, -0.2) is 19.6 Å². The van der Waals surface area contributed by atoms with Crippen molar-refractivity contribution in [2.75, 3.05) is 6.61 Å². The molecule has 0 radical (unpaired) electrons. The summed E-state index contributed by atoms with van der Waals surface area (Å²) < 4.78 is 34.7. The minimum atomic E-state index is -4.51. The van der Waals surface area contributed by atoms with Gasteiger partial charge in [-0.3, -0.25) is 4.18 Å². The summed E-state index contributed by atoms with van der Waals surface area (Å²) in [5.74, 6) is 0. The van der Waals surface area contributed by atoms with Crippen molar-refractivity contribution in [1.29, 1.82) is 0 Å². The fraction of sp³-hybridized carbons (Fsp3) is 0.667. The van der Waals surface area contributed by atoms with Crippen molar-refractivity contribution in [2.24, 2.45) is 0 Å². The molecule has 0 saturated carbocycles. The van der Waals surface area contributed by atoms with E-state index in [9.17, 15) is 13.0 Å². The molecule has 0 rings (SSSR count). The van der Waals surface area contributed by atoms with Gasteiger partial charge in [0.1, 0.15) is 0 Å². The van der Waals surface area contributed by atoms with Crippen LogP contribution in [-0.2, 0) is 14.6 Å². The van der Waals surface area contributed by atoms with Crippen molar-refractivity contribution in [3.63, 3.8) is 0 Å². The number of hydrogen-bond donors (Lipinski definition) is 0. The average molecular weight is 383 g/mol. The van der Waals surface area contributed by atoms with Gasteiger partial charge in [-0.05, 0) is 38.5 Å². The van der Waals surface area contributed by atoms with Crippen LogP contribution in [0.25, 0.3) is 0 Å². The summed E-state index contributed by atoms with van der Waals surface area (Å²) in [6.45, 7) is 2.15. The van der Waals surface area contributed by atoms with E-state index < -0.39 is 10.4 Å². The van der Waals surface area contributed by atoms with Crippen LogP contribution in [0.15, 0.2) is 36.5 Å². The summed E-state index contributed by atoms with van der Waals surface area (Å²) >= 11 is 0. The zero-order chi connectivity index (χ0) is 17.2. The van der Waals surface area contributed by atoms with Crippen LogP contribution in [0.4, 0.5) is 0 Å². The summed E-state index contributed by atoms with van der Waals surface area (Å²) in [7, 11) is -4.51. The van der Waals surface area contributed by atoms with Crippen LogP contribution in [0.3, 0.4) is 0 Å². The predicted molar refractivity (Wildman–Crippen MR) is 94.9 cm³/mol. The summed E-state index contributed by atoms with van der Waals surface area (Å²) in [5.41, 5.74) is 0. The van der Waals surface area contributed by atoms with Crippen LogP contribution in [0.5, 0.6) is 0 Å². The van der Waals surface area contributed by atoms with E-state index >= 15 is 0 Å². The first-order valence-electron chi connectivity index (χ1n) is 8.61. The molecule has 0 bridgehead atoms. The van der Waals surface area contributed by atoms with Gasteiger partial charge in [0.25, 0.3) is 0 Å². The fourth-order valence-electron chi connectivity index (χ4n) is 2.06. The molecule has 0 aliphatic carbocycles. The Morgan fingerprint density at radius 1 is 0.792 bits per heavy atom. The molecule has 0 aliphatic heterocycles. The molecule has 0 N–H and O–H groups in total. The Labute approximate surface area is 191 Å². The molecule has 0 aromatic rings. The van der Waals surface area contributed by atoms with Gasteiger partial charge < -0.3 is 4.55 Å². The maximum atomic E-state index is 10.2. The smallest absolute Gasteiger partial charge is 0.726 e. The van der Waals surface area contributed by atoms with Crippen LogP contribution in [0, 0.1) is 0 Å². The van der Waals surface area contributed by atoms with Gasteiger partial charge in [-0.15, -0.1) is 0 Å². The van der Waals surface area contributed by atoms with E-state index in [2.05, 4.69) is 47.6 Å². The second-order valence-corrected chi connectivity index (χ2v) is 6.49. The number of hydrogen-bond acceptors (Lipinski definition) is 4. The SMILES string of the molecule is CC/C=C\C/C=C\C/C=C\CCCCCCCCOS(=O)(=O)[O-].[K+]. The van der Waals surface area contributed by atoms with Crippen LogP contribution in [0.2, 0.25) is 0 Å². The molecule has 0 atom stereocenters. The van der Waals surface area contributed by atoms with Crippen LogP contribution in [0.1, 0.15) is 71.1 Å². The fourth-order valence-corrected chi connectivity index (χ4v) is 2.38. The van der Waals surface area contributed by atoms with Crippen molar-refractivity contribution in [2.45, 2.75) is 71.1 Å². The number of allylic oxidation sites excluding steroid dienone is 6. The molecule has 134 valence electrons. The third-order valence-electron chi connectivity index (χ3n) is 3.27. The number of unbranched alkanes of at least 4 members (excludes halogenated alkanes) is 6. The summed E-state index contributed by atoms with van der Waals surface area (Å²) in [5, 5.41) is 0. The first kappa shape index (κ1) is 27.0. The van der Waals surface area contributed by atoms with Crippen LogP contribution < -0.4 is 51.4 Å². The van der Waals surface area contributed by atoms with E-state index in [0.717, 1.165) is 44.9 Å². The van der Waals surface area contributed by atoms with E-state index in [1.54, 1.807) is 0 Å². The zero-order valence-electron chi connectivity index (χ0n) is 15.3. The Kier molecular flexibility index (Phi) is 22.5. The molecule has 0 heterocycles. The first-order valence-corrected chi connectivity index (χ1v) is 9.95. The molecule has 24 heavy (non-hydrogen) atoms. The maximum absolute atomic E-state index is 10.2. The molecule has 0 spiro atoms. The van der Waals surface area contributed by atoms with Gasteiger partial charge in [0.05, 0.1) is 6.61 Å². The van der Waals surface area contributed by atoms with Gasteiger partial charge in [0.15, 0.2) is 0 Å². The molecule has 0 aromatic heterocycles. The molecule has 0 unspecified atom stereocenters. The molecule has 0 saturated heterocycles. The largest absolute Gasteiger partial charge is 1.00 e. The second-order valence-electron chi connectivity index (χ2n) is 5.43. The number of rotatable bonds is 15. The van der Waals surface area contributed by atoms with Crippen molar-refractivity contribution in [1.82, 2.24) is 0 Å². The average Bonchev–Trinajstić information content (AvgIpc) is 2.49. The molecule has 4 nitrogen and oxygen atoms in total. The maximum Gasteiger partial charge on any atom is 1.00 e. The summed E-state index contributed by atoms with van der Waals surface area (Å²) in [4.78, 5) is 0. The second kappa shape index (κ2) is 20.0. The Morgan fingerprint density at radius 3 is 1.88 bits per heavy atom. The summed E-state index contributed by atoms with van der Waals surface area (Å²) in [6, 6.07) is 0. The monoisotopic (exact) mass is 382 g/mol. The third-order valence-corrected chi connectivity index (χ3v) is 3.73. The Balaban J connectivity index is 0. The van der Waals surface area contributed by atoms with Gasteiger partial charge >= 0.3 is 51.4 Å². The normalized spacial score (nSPS) is 12.4. The van der Waals surface area contributed by atoms with Crippen molar-refractivity contribution >= 4 is 10.4 Å². The van der Waals surface area contributed by atoms with Gasteiger partial charge in [0, 0.05) is 0 Å². The molecule has 0 aliphatic rings. The molecule has 0 fully saturated rings. The predicted octanol–water partition coefficient (Wildman–Crippen LogP) is 2.06. The Bertz CT molecular complexity index is 442. The van der Waals surface area contributed by atoms with E-state index in [1.165, 1.54) is 12.8 Å². The Hall–Kier alpha value is 0.726. The quantitative estimate of drug-likeness (QED) is 0.143. The van der Waals surface area contributed by atoms with Gasteiger partial charge in [-0.1, -0.05) is 69.1 Å². The zero-order valence-corrected chi connectivity index (χ0v) is 19.2. The van der Waals surface area contributed by atoms with Gasteiger partial charge in [-0.2, -0.15) is 0 Å². The van der Waals surface area contributed by atoms with Crippen molar-refractivity contribution in [3.05, 3.63) is 36.5 Å². The Morgan fingerprint density at radius 2 is 1.29 bits per heavy atom. The molecular weight excluding hydrogens is 351 g/mol. The molecule has 0 aromatic carbocycles. The topological polar surface area (TPSA) is 66.4 Å². The molecule has 6 heteroatoms. The van der Waals surface area contributed by atoms with Gasteiger partial charge in [0.2, 0.25) is 10.4 Å². The van der Waals surface area contributed by atoms with Gasteiger partial charge in [-0.25, -0.2) is 8.42 Å². The first-order chi connectivity index (χ1) is 11.1. The standard InChI is InChI=1S/C18H32O4S.K/c1-2-3-4-5-6-7-8-9-10-11-12-13-14-15-16-17-18-22-23(19,20)21;/h3-4,6-7,9-10H,2,5,8,11-18H2,1H3,(H,19,20,21);/q;+1/p-1/b4-3-,7-6-,10-9-;. The molecule has 0 amide bonds.